The molecule has 126 valence electrons. The Hall–Kier alpha value is -0.540. The SMILES string of the molecule is COc1cc(OC)c(S(=O)(=O)NC2CCNCC2)cc1Br.Cl. The first-order valence-corrected chi connectivity index (χ1v) is 8.90. The molecule has 0 atom stereocenters. The Morgan fingerprint density at radius 2 is 1.77 bits per heavy atom. The normalized spacial score (nSPS) is 16.0. The number of methoxy groups -OCH3 is 2. The molecule has 0 radical (unpaired) electrons. The number of sulfonamides is 1. The molecule has 0 aromatic heterocycles. The van der Waals surface area contributed by atoms with Crippen LogP contribution in [0.3, 0.4) is 0 Å². The number of ether oxygens (including phenoxy) is 2. The topological polar surface area (TPSA) is 76.7 Å². The molecule has 2 N–H and O–H groups in total. The van der Waals surface area contributed by atoms with Crippen molar-refractivity contribution in [1.29, 1.82) is 0 Å². The van der Waals surface area contributed by atoms with Crippen molar-refractivity contribution in [3.8, 4) is 11.5 Å². The van der Waals surface area contributed by atoms with Crippen molar-refractivity contribution < 1.29 is 17.9 Å². The van der Waals surface area contributed by atoms with Crippen molar-refractivity contribution in [3.63, 3.8) is 0 Å². The molecule has 0 spiro atoms. The highest BCUT2D eigenvalue weighted by molar-refractivity contribution is 9.10. The molecule has 1 aromatic carbocycles. The van der Waals surface area contributed by atoms with Crippen LogP contribution < -0.4 is 19.5 Å². The summed E-state index contributed by atoms with van der Waals surface area (Å²) in [7, 11) is -0.687. The molecule has 0 unspecified atom stereocenters. The highest BCUT2D eigenvalue weighted by Crippen LogP contribution is 2.35. The second-order valence-corrected chi connectivity index (χ2v) is 7.32. The van der Waals surface area contributed by atoms with Crippen LogP contribution in [0.25, 0.3) is 0 Å². The first-order valence-electron chi connectivity index (χ1n) is 6.62. The largest absolute Gasteiger partial charge is 0.495 e. The van der Waals surface area contributed by atoms with Gasteiger partial charge in [-0.05, 0) is 47.9 Å². The predicted octanol–water partition coefficient (Wildman–Crippen LogP) is 1.92. The lowest BCUT2D eigenvalue weighted by Crippen LogP contribution is -2.42. The van der Waals surface area contributed by atoms with Gasteiger partial charge in [0, 0.05) is 12.1 Å². The summed E-state index contributed by atoms with van der Waals surface area (Å²) in [4.78, 5) is 0.108. The van der Waals surface area contributed by atoms with Crippen LogP contribution in [0.4, 0.5) is 0 Å². The molecule has 22 heavy (non-hydrogen) atoms. The minimum absolute atomic E-state index is 0. The van der Waals surface area contributed by atoms with Crippen molar-refractivity contribution >= 4 is 38.4 Å². The van der Waals surface area contributed by atoms with Crippen LogP contribution in [0.15, 0.2) is 21.5 Å². The smallest absolute Gasteiger partial charge is 0.244 e. The van der Waals surface area contributed by atoms with Crippen molar-refractivity contribution in [2.24, 2.45) is 0 Å². The summed E-state index contributed by atoms with van der Waals surface area (Å²) >= 11 is 3.31. The van der Waals surface area contributed by atoms with Gasteiger partial charge in [-0.25, -0.2) is 13.1 Å². The monoisotopic (exact) mass is 414 g/mol. The molecule has 1 saturated heterocycles. The quantitative estimate of drug-likeness (QED) is 0.768. The van der Waals surface area contributed by atoms with Crippen LogP contribution in [0.5, 0.6) is 11.5 Å². The Morgan fingerprint density at radius 3 is 2.32 bits per heavy atom. The Labute approximate surface area is 145 Å². The van der Waals surface area contributed by atoms with Crippen molar-refractivity contribution in [2.75, 3.05) is 27.3 Å². The van der Waals surface area contributed by atoms with E-state index in [0.717, 1.165) is 25.9 Å². The van der Waals surface area contributed by atoms with Gasteiger partial charge in [0.1, 0.15) is 16.4 Å². The Bertz CT molecular complexity index is 606. The van der Waals surface area contributed by atoms with E-state index in [1.54, 1.807) is 6.07 Å². The summed E-state index contributed by atoms with van der Waals surface area (Å²) in [5, 5.41) is 3.20. The summed E-state index contributed by atoms with van der Waals surface area (Å²) in [5.74, 6) is 0.782. The van der Waals surface area contributed by atoms with E-state index in [9.17, 15) is 8.42 Å². The number of halogens is 2. The average Bonchev–Trinajstić information content (AvgIpc) is 2.47. The average molecular weight is 416 g/mol. The van der Waals surface area contributed by atoms with E-state index < -0.39 is 10.0 Å². The molecular weight excluding hydrogens is 396 g/mol. The zero-order valence-corrected chi connectivity index (χ0v) is 15.6. The van der Waals surface area contributed by atoms with Crippen LogP contribution in [0.2, 0.25) is 0 Å². The number of rotatable bonds is 5. The lowest BCUT2D eigenvalue weighted by Gasteiger charge is -2.24. The maximum Gasteiger partial charge on any atom is 0.244 e. The van der Waals surface area contributed by atoms with E-state index in [1.807, 2.05) is 0 Å². The molecule has 0 amide bonds. The van der Waals surface area contributed by atoms with Gasteiger partial charge in [-0.1, -0.05) is 0 Å². The number of hydrogen-bond acceptors (Lipinski definition) is 5. The molecule has 0 bridgehead atoms. The minimum atomic E-state index is -3.64. The lowest BCUT2D eigenvalue weighted by molar-refractivity contribution is 0.383. The van der Waals surface area contributed by atoms with Crippen LogP contribution in [0, 0.1) is 0 Å². The molecule has 9 heteroatoms. The van der Waals surface area contributed by atoms with E-state index in [0.29, 0.717) is 10.2 Å². The van der Waals surface area contributed by atoms with Crippen LogP contribution in [0.1, 0.15) is 12.8 Å². The molecule has 1 aliphatic heterocycles. The molecule has 1 aromatic rings. The molecule has 1 heterocycles. The first kappa shape index (κ1) is 19.5. The van der Waals surface area contributed by atoms with Gasteiger partial charge < -0.3 is 14.8 Å². The van der Waals surface area contributed by atoms with E-state index in [2.05, 4.69) is 26.0 Å². The molecule has 0 aliphatic carbocycles. The third-order valence-corrected chi connectivity index (χ3v) is 5.55. The fourth-order valence-electron chi connectivity index (χ4n) is 2.27. The van der Waals surface area contributed by atoms with E-state index in [-0.39, 0.29) is 29.1 Å². The van der Waals surface area contributed by atoms with Gasteiger partial charge in [-0.3, -0.25) is 0 Å². The number of benzene rings is 1. The third-order valence-electron chi connectivity index (χ3n) is 3.39. The van der Waals surface area contributed by atoms with Gasteiger partial charge in [0.25, 0.3) is 0 Å². The summed E-state index contributed by atoms with van der Waals surface area (Å²) in [6, 6.07) is 3.00. The van der Waals surface area contributed by atoms with E-state index in [1.165, 1.54) is 20.3 Å². The van der Waals surface area contributed by atoms with Crippen LogP contribution >= 0.6 is 28.3 Å². The van der Waals surface area contributed by atoms with E-state index in [4.69, 9.17) is 9.47 Å². The summed E-state index contributed by atoms with van der Waals surface area (Å²) < 4.78 is 38.8. The number of piperidine rings is 1. The van der Waals surface area contributed by atoms with Crippen molar-refractivity contribution in [2.45, 2.75) is 23.8 Å². The molecular formula is C13H20BrClN2O4S. The molecule has 0 saturated carbocycles. The molecule has 2 rings (SSSR count). The van der Waals surface area contributed by atoms with Gasteiger partial charge in [-0.15, -0.1) is 12.4 Å². The zero-order chi connectivity index (χ0) is 15.5. The fraction of sp³-hybridized carbons (Fsp3) is 0.538. The predicted molar refractivity (Wildman–Crippen MR) is 90.7 cm³/mol. The van der Waals surface area contributed by atoms with Gasteiger partial charge in [0.2, 0.25) is 10.0 Å². The maximum atomic E-state index is 12.6. The van der Waals surface area contributed by atoms with Crippen LogP contribution in [-0.4, -0.2) is 41.8 Å². The van der Waals surface area contributed by atoms with Crippen molar-refractivity contribution in [3.05, 3.63) is 16.6 Å². The summed E-state index contributed by atoms with van der Waals surface area (Å²) in [6.45, 7) is 1.63. The van der Waals surface area contributed by atoms with Gasteiger partial charge in [0.05, 0.1) is 18.7 Å². The number of hydrogen-bond donors (Lipinski definition) is 2. The van der Waals surface area contributed by atoms with Gasteiger partial charge >= 0.3 is 0 Å². The molecule has 6 nitrogen and oxygen atoms in total. The van der Waals surface area contributed by atoms with Crippen molar-refractivity contribution in [1.82, 2.24) is 10.0 Å². The van der Waals surface area contributed by atoms with E-state index >= 15 is 0 Å². The molecule has 1 aliphatic rings. The highest BCUT2D eigenvalue weighted by atomic mass is 79.9. The van der Waals surface area contributed by atoms with Gasteiger partial charge in [0.15, 0.2) is 0 Å². The fourth-order valence-corrected chi connectivity index (χ4v) is 4.40. The summed E-state index contributed by atoms with van der Waals surface area (Å²) in [6.07, 6.45) is 1.55. The Kier molecular flexibility index (Phi) is 7.40. The number of nitrogens with one attached hydrogen (secondary N) is 2. The lowest BCUT2D eigenvalue weighted by atomic mass is 10.1. The summed E-state index contributed by atoms with van der Waals surface area (Å²) in [5.41, 5.74) is 0. The second kappa shape index (κ2) is 8.35. The minimum Gasteiger partial charge on any atom is -0.495 e. The standard InChI is InChI=1S/C13H19BrN2O4S.ClH/c1-19-11-8-12(20-2)13(7-10(11)14)21(17,18)16-9-3-5-15-6-4-9;/h7-9,15-16H,3-6H2,1-2H3;1H. The highest BCUT2D eigenvalue weighted by Gasteiger charge is 2.26. The Balaban J connectivity index is 0.00000242. The van der Waals surface area contributed by atoms with Gasteiger partial charge in [-0.2, -0.15) is 0 Å². The first-order chi connectivity index (χ1) is 9.97. The second-order valence-electron chi connectivity index (χ2n) is 4.78. The third kappa shape index (κ3) is 4.48. The Morgan fingerprint density at radius 1 is 1.18 bits per heavy atom. The maximum absolute atomic E-state index is 12.6. The van der Waals surface area contributed by atoms with Crippen LogP contribution in [-0.2, 0) is 10.0 Å². The molecule has 1 fully saturated rings. The zero-order valence-electron chi connectivity index (χ0n) is 12.4.